The number of rotatable bonds is 13. The number of carboxylic acid groups (broad SMARTS) is 1. The fourth-order valence-corrected chi connectivity index (χ4v) is 7.17. The van der Waals surface area contributed by atoms with E-state index in [1.807, 2.05) is 44.2 Å². The van der Waals surface area contributed by atoms with Crippen molar-refractivity contribution >= 4 is 63.0 Å². The highest BCUT2D eigenvalue weighted by atomic mass is 33.1. The SMILES string of the molecule is CC(C)(COC(=O)Nc1cccc2c1CN(C1CCC(=O)NC1=O)C2=O)SSCCC(=O)N(CC(=O)O)Cc1ccccc1. The first-order valence-electron chi connectivity index (χ1n) is 14.0. The van der Waals surface area contributed by atoms with Crippen molar-refractivity contribution in [1.29, 1.82) is 0 Å². The average Bonchev–Trinajstić information content (AvgIpc) is 3.31. The molecule has 2 aliphatic heterocycles. The van der Waals surface area contributed by atoms with Crippen LogP contribution in [0.3, 0.4) is 0 Å². The second-order valence-electron chi connectivity index (χ2n) is 11.0. The number of piperidine rings is 1. The van der Waals surface area contributed by atoms with E-state index in [9.17, 15) is 33.9 Å². The van der Waals surface area contributed by atoms with Gasteiger partial charge in [0.05, 0.1) is 4.75 Å². The van der Waals surface area contributed by atoms with E-state index >= 15 is 0 Å². The molecule has 2 heterocycles. The standard InChI is InChI=1S/C30H34N4O8S2/c1-30(2,44-43-14-13-25(36)33(17-26(37)38)15-19-7-4-3-5-8-19)18-42-29(41)31-22-10-6-9-20-21(22)16-34(28(20)40)23-11-12-24(35)32-27(23)39/h3-10,23H,11-18H2,1-2H3,(H,31,41)(H,37,38)(H,32,35,39). The smallest absolute Gasteiger partial charge is 0.411 e. The molecule has 2 aromatic rings. The zero-order valence-electron chi connectivity index (χ0n) is 24.4. The molecule has 0 aliphatic carbocycles. The summed E-state index contributed by atoms with van der Waals surface area (Å²) in [5, 5.41) is 14.2. The molecule has 0 radical (unpaired) electrons. The van der Waals surface area contributed by atoms with Gasteiger partial charge in [0.2, 0.25) is 17.7 Å². The second kappa shape index (κ2) is 14.6. The van der Waals surface area contributed by atoms with Crippen LogP contribution < -0.4 is 10.6 Å². The normalized spacial score (nSPS) is 16.3. The molecule has 2 aromatic carbocycles. The van der Waals surface area contributed by atoms with Gasteiger partial charge in [0.15, 0.2) is 0 Å². The van der Waals surface area contributed by atoms with Gasteiger partial charge in [0.1, 0.15) is 19.2 Å². The molecule has 44 heavy (non-hydrogen) atoms. The Balaban J connectivity index is 1.23. The number of nitrogens with one attached hydrogen (secondary N) is 2. The molecule has 14 heteroatoms. The Morgan fingerprint density at radius 1 is 1.11 bits per heavy atom. The summed E-state index contributed by atoms with van der Waals surface area (Å²) >= 11 is 0. The van der Waals surface area contributed by atoms with Crippen molar-refractivity contribution in [3.63, 3.8) is 0 Å². The number of anilines is 1. The lowest BCUT2D eigenvalue weighted by molar-refractivity contribution is -0.144. The summed E-state index contributed by atoms with van der Waals surface area (Å²) < 4.78 is 4.96. The van der Waals surface area contributed by atoms with Gasteiger partial charge in [-0.1, -0.05) is 58.0 Å². The molecule has 1 saturated heterocycles. The summed E-state index contributed by atoms with van der Waals surface area (Å²) in [7, 11) is 2.88. The number of fused-ring (bicyclic) bond motifs is 1. The zero-order chi connectivity index (χ0) is 31.9. The number of carboxylic acids is 1. The van der Waals surface area contributed by atoms with Crippen molar-refractivity contribution in [3.8, 4) is 0 Å². The number of hydrogen-bond acceptors (Lipinski definition) is 9. The number of aliphatic carboxylic acids is 1. The van der Waals surface area contributed by atoms with Crippen molar-refractivity contribution in [3.05, 3.63) is 65.2 Å². The van der Waals surface area contributed by atoms with E-state index in [-0.39, 0.29) is 63.2 Å². The number of imide groups is 1. The second-order valence-corrected chi connectivity index (χ2v) is 14.1. The minimum absolute atomic E-state index is 0.0555. The number of amides is 5. The molecule has 0 bridgehead atoms. The van der Waals surface area contributed by atoms with Crippen LogP contribution in [-0.2, 0) is 37.0 Å². The largest absolute Gasteiger partial charge is 0.480 e. The van der Waals surface area contributed by atoms with Crippen molar-refractivity contribution < 1.29 is 38.6 Å². The first-order chi connectivity index (χ1) is 20.9. The molecule has 0 aromatic heterocycles. The fraction of sp³-hybridized carbons (Fsp3) is 0.400. The molecule has 5 amide bonds. The molecule has 0 spiro atoms. The van der Waals surface area contributed by atoms with Crippen LogP contribution in [0.1, 0.15) is 54.6 Å². The van der Waals surface area contributed by atoms with E-state index in [0.717, 1.165) is 5.56 Å². The highest BCUT2D eigenvalue weighted by Crippen LogP contribution is 2.37. The Morgan fingerprint density at radius 2 is 1.86 bits per heavy atom. The third kappa shape index (κ3) is 8.76. The van der Waals surface area contributed by atoms with E-state index in [1.165, 1.54) is 31.4 Å². The Morgan fingerprint density at radius 3 is 2.57 bits per heavy atom. The van der Waals surface area contributed by atoms with Crippen LogP contribution in [0.15, 0.2) is 48.5 Å². The predicted molar refractivity (Wildman–Crippen MR) is 166 cm³/mol. The summed E-state index contributed by atoms with van der Waals surface area (Å²) in [6.45, 7) is 3.79. The highest BCUT2D eigenvalue weighted by molar-refractivity contribution is 8.77. The number of nitrogens with zero attached hydrogens (tertiary/aromatic N) is 2. The molecule has 2 aliphatic rings. The first kappa shape index (κ1) is 32.9. The first-order valence-corrected chi connectivity index (χ1v) is 16.3. The Kier molecular flexibility index (Phi) is 10.9. The summed E-state index contributed by atoms with van der Waals surface area (Å²) in [6.07, 6.45) is -0.164. The van der Waals surface area contributed by atoms with Gasteiger partial charge in [-0.05, 0) is 38.0 Å². The molecular formula is C30H34N4O8S2. The molecule has 1 atom stereocenters. The van der Waals surface area contributed by atoms with Crippen LogP contribution in [-0.4, -0.2) is 80.3 Å². The van der Waals surface area contributed by atoms with Gasteiger partial charge in [0, 0.05) is 48.5 Å². The monoisotopic (exact) mass is 642 g/mol. The zero-order valence-corrected chi connectivity index (χ0v) is 26.0. The van der Waals surface area contributed by atoms with Crippen LogP contribution in [0.25, 0.3) is 0 Å². The summed E-state index contributed by atoms with van der Waals surface area (Å²) in [5.74, 6) is -2.12. The van der Waals surface area contributed by atoms with Crippen LogP contribution in [0, 0.1) is 0 Å². The summed E-state index contributed by atoms with van der Waals surface area (Å²) in [4.78, 5) is 76.3. The van der Waals surface area contributed by atoms with Gasteiger partial charge in [-0.3, -0.25) is 34.6 Å². The highest BCUT2D eigenvalue weighted by Gasteiger charge is 2.40. The third-order valence-electron chi connectivity index (χ3n) is 6.95. The quantitative estimate of drug-likeness (QED) is 0.167. The van der Waals surface area contributed by atoms with Crippen LogP contribution in [0.5, 0.6) is 0 Å². The summed E-state index contributed by atoms with van der Waals surface area (Å²) in [5.41, 5.74) is 2.19. The van der Waals surface area contributed by atoms with Gasteiger partial charge < -0.3 is 19.6 Å². The maximum atomic E-state index is 13.0. The Labute approximate surface area is 262 Å². The molecule has 1 unspecified atom stereocenters. The molecule has 1 fully saturated rings. The van der Waals surface area contributed by atoms with Crippen molar-refractivity contribution in [2.45, 2.75) is 57.0 Å². The number of hydrogen-bond donors (Lipinski definition) is 3. The molecular weight excluding hydrogens is 608 g/mol. The van der Waals surface area contributed by atoms with Gasteiger partial charge in [-0.2, -0.15) is 0 Å². The van der Waals surface area contributed by atoms with Crippen LogP contribution >= 0.6 is 21.6 Å². The number of carbonyl (C=O) groups is 6. The van der Waals surface area contributed by atoms with Crippen molar-refractivity contribution in [1.82, 2.24) is 15.1 Å². The predicted octanol–water partition coefficient (Wildman–Crippen LogP) is 3.66. The number of ether oxygens (including phenoxy) is 1. The molecule has 234 valence electrons. The number of carbonyl (C=O) groups excluding carboxylic acids is 5. The van der Waals surface area contributed by atoms with E-state index in [0.29, 0.717) is 22.6 Å². The molecule has 4 rings (SSSR count). The lowest BCUT2D eigenvalue weighted by Gasteiger charge is -2.29. The van der Waals surface area contributed by atoms with Crippen LogP contribution in [0.4, 0.5) is 10.5 Å². The van der Waals surface area contributed by atoms with Gasteiger partial charge in [0.25, 0.3) is 5.91 Å². The minimum Gasteiger partial charge on any atom is -0.480 e. The maximum absolute atomic E-state index is 13.0. The average molecular weight is 643 g/mol. The number of benzene rings is 2. The van der Waals surface area contributed by atoms with E-state index < -0.39 is 28.8 Å². The van der Waals surface area contributed by atoms with E-state index in [4.69, 9.17) is 4.74 Å². The lowest BCUT2D eigenvalue weighted by atomic mass is 10.0. The van der Waals surface area contributed by atoms with Crippen molar-refractivity contribution in [2.75, 3.05) is 24.2 Å². The molecule has 3 N–H and O–H groups in total. The Hall–Kier alpha value is -4.04. The van der Waals surface area contributed by atoms with Gasteiger partial charge in [-0.25, -0.2) is 4.79 Å². The third-order valence-corrected chi connectivity index (χ3v) is 10.2. The van der Waals surface area contributed by atoms with Crippen LogP contribution in [0.2, 0.25) is 0 Å². The minimum atomic E-state index is -1.08. The topological polar surface area (TPSA) is 162 Å². The lowest BCUT2D eigenvalue weighted by Crippen LogP contribution is -2.52. The fourth-order valence-electron chi connectivity index (χ4n) is 4.80. The maximum Gasteiger partial charge on any atom is 0.411 e. The van der Waals surface area contributed by atoms with Gasteiger partial charge in [-0.15, -0.1) is 0 Å². The van der Waals surface area contributed by atoms with Gasteiger partial charge >= 0.3 is 12.1 Å². The molecule has 0 saturated carbocycles. The van der Waals surface area contributed by atoms with E-state index in [2.05, 4.69) is 10.6 Å². The Bertz CT molecular complexity index is 1440. The van der Waals surface area contributed by atoms with Crippen molar-refractivity contribution in [2.24, 2.45) is 0 Å². The molecule has 12 nitrogen and oxygen atoms in total. The summed E-state index contributed by atoms with van der Waals surface area (Å²) in [6, 6.07) is 13.4. The van der Waals surface area contributed by atoms with E-state index in [1.54, 1.807) is 18.2 Å².